The van der Waals surface area contributed by atoms with Crippen LogP contribution in [-0.4, -0.2) is 22.8 Å². The molecule has 45 heavy (non-hydrogen) atoms. The van der Waals surface area contributed by atoms with Crippen molar-refractivity contribution in [3.05, 3.63) is 123 Å². The molecule has 6 nitrogen and oxygen atoms in total. The molecule has 0 fully saturated rings. The number of carbonyl (C=O) groups excluding carboxylic acids is 2. The van der Waals surface area contributed by atoms with E-state index in [4.69, 9.17) is 15.5 Å². The van der Waals surface area contributed by atoms with Gasteiger partial charge in [0.2, 0.25) is 0 Å². The summed E-state index contributed by atoms with van der Waals surface area (Å²) in [4.78, 5) is 31.7. The number of aromatic nitrogens is 1. The lowest BCUT2D eigenvalue weighted by Gasteiger charge is -2.29. The highest BCUT2D eigenvalue weighted by molar-refractivity contribution is 6.10. The van der Waals surface area contributed by atoms with E-state index in [2.05, 4.69) is 5.32 Å². The van der Waals surface area contributed by atoms with Gasteiger partial charge in [-0.2, -0.15) is 0 Å². The maximum atomic E-state index is 13.8. The fraction of sp³-hybridized carbons (Fsp3) is 0.306. The van der Waals surface area contributed by atoms with Gasteiger partial charge in [0.25, 0.3) is 11.8 Å². The van der Waals surface area contributed by atoms with Gasteiger partial charge >= 0.3 is 0 Å². The van der Waals surface area contributed by atoms with Gasteiger partial charge in [0.1, 0.15) is 5.82 Å². The second-order valence-corrected chi connectivity index (χ2v) is 12.3. The number of benzene rings is 3. The molecule has 232 valence electrons. The summed E-state index contributed by atoms with van der Waals surface area (Å²) in [6.07, 6.45) is 2.62. The zero-order chi connectivity index (χ0) is 31.8. The first kappa shape index (κ1) is 30.5. The van der Waals surface area contributed by atoms with E-state index in [0.717, 1.165) is 28.8 Å². The third-order valence-electron chi connectivity index (χ3n) is 8.48. The first-order chi connectivity index (χ1) is 21.6. The molecule has 2 aliphatic rings. The number of primary amides is 1. The van der Waals surface area contributed by atoms with E-state index in [1.165, 1.54) is 18.2 Å². The minimum absolute atomic E-state index is 0.130. The highest BCUT2D eigenvalue weighted by Gasteiger charge is 2.34. The second kappa shape index (κ2) is 12.5. The summed E-state index contributed by atoms with van der Waals surface area (Å²) < 4.78 is 46.6. The average Bonchev–Trinajstić information content (AvgIpc) is 3.40. The molecule has 3 aromatic carbocycles. The Morgan fingerprint density at radius 3 is 2.47 bits per heavy atom. The van der Waals surface area contributed by atoms with Crippen LogP contribution in [0.1, 0.15) is 80.7 Å². The van der Waals surface area contributed by atoms with E-state index in [0.29, 0.717) is 65.7 Å². The Morgan fingerprint density at radius 1 is 1.00 bits per heavy atom. The van der Waals surface area contributed by atoms with Gasteiger partial charge in [-0.15, -0.1) is 0 Å². The van der Waals surface area contributed by atoms with Crippen molar-refractivity contribution in [3.63, 3.8) is 0 Å². The van der Waals surface area contributed by atoms with Gasteiger partial charge in [-0.1, -0.05) is 50.2 Å². The van der Waals surface area contributed by atoms with Crippen molar-refractivity contribution in [2.24, 2.45) is 11.7 Å². The molecular formula is C36H34F3N3O3. The lowest BCUT2D eigenvalue weighted by atomic mass is 9.84. The maximum Gasteiger partial charge on any atom is 0.254 e. The zero-order valence-electron chi connectivity index (χ0n) is 25.1. The summed E-state index contributed by atoms with van der Waals surface area (Å²) in [6.45, 7) is 4.20. The number of nitrogens with zero attached hydrogens (tertiary/aromatic N) is 1. The molecule has 1 aliphatic heterocycles. The normalized spacial score (nSPS) is 17.2. The Hall–Kier alpha value is -4.50. The van der Waals surface area contributed by atoms with Crippen molar-refractivity contribution in [2.75, 3.05) is 0 Å². The van der Waals surface area contributed by atoms with Crippen LogP contribution in [0.25, 0.3) is 11.1 Å². The molecule has 4 aromatic rings. The molecule has 9 heteroatoms. The average molecular weight is 614 g/mol. The van der Waals surface area contributed by atoms with Gasteiger partial charge in [-0.25, -0.2) is 13.2 Å². The van der Waals surface area contributed by atoms with Crippen molar-refractivity contribution >= 4 is 11.8 Å². The first-order valence-corrected chi connectivity index (χ1v) is 15.2. The minimum atomic E-state index is -0.916. The zero-order valence-corrected chi connectivity index (χ0v) is 25.1. The molecule has 0 radical (unpaired) electrons. The standard InChI is InChI=1S/C36H34F3N3O3/c1-19(2)13-29-33(35(40)43)32(34-30(42-29)17-25(41-36(34)44)14-20-3-8-24(37)9-4-20)23-6-10-26-22(16-23)7-12-31(26)45-18-21-5-11-27(38)28(39)15-21/h3-6,8-11,15-16,19,25,31H,7,12-14,17-18H2,1-2H3,(H2,40,43)(H,41,44)/t25-,31-/m1/s1. The highest BCUT2D eigenvalue weighted by Crippen LogP contribution is 2.40. The van der Waals surface area contributed by atoms with Crippen molar-refractivity contribution in [2.45, 2.75) is 64.7 Å². The number of nitrogens with one attached hydrogen (secondary N) is 1. The smallest absolute Gasteiger partial charge is 0.254 e. The number of hydrogen-bond acceptors (Lipinski definition) is 4. The molecule has 2 amide bonds. The predicted molar refractivity (Wildman–Crippen MR) is 164 cm³/mol. The van der Waals surface area contributed by atoms with E-state index in [1.807, 2.05) is 32.0 Å². The predicted octanol–water partition coefficient (Wildman–Crippen LogP) is 6.56. The number of halogens is 3. The molecular weight excluding hydrogens is 579 g/mol. The second-order valence-electron chi connectivity index (χ2n) is 12.3. The lowest BCUT2D eigenvalue weighted by Crippen LogP contribution is -2.44. The maximum absolute atomic E-state index is 13.8. The molecule has 0 spiro atoms. The Bertz CT molecular complexity index is 1790. The number of fused-ring (bicyclic) bond motifs is 2. The van der Waals surface area contributed by atoms with E-state index >= 15 is 0 Å². The van der Waals surface area contributed by atoms with Crippen molar-refractivity contribution < 1.29 is 27.5 Å². The van der Waals surface area contributed by atoms with Crippen LogP contribution in [0.15, 0.2) is 60.7 Å². The van der Waals surface area contributed by atoms with Crippen molar-refractivity contribution in [1.82, 2.24) is 10.3 Å². The van der Waals surface area contributed by atoms with Crippen LogP contribution >= 0.6 is 0 Å². The SMILES string of the molecule is CC(C)Cc1nc2c(c(-c3ccc4c(c3)CC[C@H]4OCc3ccc(F)c(F)c3)c1C(N)=O)C(=O)N[C@H](Cc1ccc(F)cc1)C2. The lowest BCUT2D eigenvalue weighted by molar-refractivity contribution is 0.0409. The summed E-state index contributed by atoms with van der Waals surface area (Å²) in [5.74, 6) is -2.94. The Morgan fingerprint density at radius 2 is 1.76 bits per heavy atom. The van der Waals surface area contributed by atoms with E-state index in [-0.39, 0.29) is 42.0 Å². The Kier molecular flexibility index (Phi) is 8.46. The number of ether oxygens (including phenoxy) is 1. The van der Waals surface area contributed by atoms with Crippen LogP contribution in [0.4, 0.5) is 13.2 Å². The number of nitrogens with two attached hydrogens (primary N) is 1. The van der Waals surface area contributed by atoms with Crippen molar-refractivity contribution in [3.8, 4) is 11.1 Å². The van der Waals surface area contributed by atoms with Gasteiger partial charge in [0.05, 0.1) is 35.2 Å². The molecule has 3 N–H and O–H groups in total. The van der Waals surface area contributed by atoms with E-state index < -0.39 is 17.5 Å². The fourth-order valence-corrected chi connectivity index (χ4v) is 6.47. The number of aryl methyl sites for hydroxylation is 1. The van der Waals surface area contributed by atoms with Gasteiger partial charge in [-0.05, 0) is 83.7 Å². The van der Waals surface area contributed by atoms with Crippen LogP contribution in [-0.2, 0) is 37.0 Å². The molecule has 0 bridgehead atoms. The largest absolute Gasteiger partial charge is 0.369 e. The van der Waals surface area contributed by atoms with E-state index in [1.54, 1.807) is 12.1 Å². The molecule has 0 unspecified atom stereocenters. The van der Waals surface area contributed by atoms with Crippen LogP contribution in [0.3, 0.4) is 0 Å². The molecule has 6 rings (SSSR count). The van der Waals surface area contributed by atoms with Crippen molar-refractivity contribution in [1.29, 1.82) is 0 Å². The van der Waals surface area contributed by atoms with E-state index in [9.17, 15) is 22.8 Å². The molecule has 2 atom stereocenters. The summed E-state index contributed by atoms with van der Waals surface area (Å²) in [6, 6.07) is 15.5. The van der Waals surface area contributed by atoms with Crippen LogP contribution in [0.2, 0.25) is 0 Å². The quantitative estimate of drug-likeness (QED) is 0.224. The van der Waals surface area contributed by atoms with Crippen LogP contribution < -0.4 is 11.1 Å². The Labute approximate surface area is 259 Å². The summed E-state index contributed by atoms with van der Waals surface area (Å²) in [7, 11) is 0. The number of pyridine rings is 1. The summed E-state index contributed by atoms with van der Waals surface area (Å²) >= 11 is 0. The first-order valence-electron chi connectivity index (χ1n) is 15.2. The third kappa shape index (κ3) is 6.35. The molecule has 0 saturated heterocycles. The molecule has 2 heterocycles. The fourth-order valence-electron chi connectivity index (χ4n) is 6.47. The molecule has 1 aromatic heterocycles. The topological polar surface area (TPSA) is 94.3 Å². The van der Waals surface area contributed by atoms with Gasteiger partial charge < -0.3 is 15.8 Å². The minimum Gasteiger partial charge on any atom is -0.369 e. The van der Waals surface area contributed by atoms with Crippen LogP contribution in [0.5, 0.6) is 0 Å². The number of amides is 2. The third-order valence-corrected chi connectivity index (χ3v) is 8.48. The number of carbonyl (C=O) groups is 2. The van der Waals surface area contributed by atoms with Gasteiger partial charge in [-0.3, -0.25) is 14.6 Å². The number of rotatable bonds is 9. The van der Waals surface area contributed by atoms with Gasteiger partial charge in [0, 0.05) is 18.0 Å². The molecule has 0 saturated carbocycles. The van der Waals surface area contributed by atoms with Crippen LogP contribution in [0, 0.1) is 23.4 Å². The summed E-state index contributed by atoms with van der Waals surface area (Å²) in [5, 5.41) is 3.08. The Balaban J connectivity index is 1.35. The molecule has 1 aliphatic carbocycles. The summed E-state index contributed by atoms with van der Waals surface area (Å²) in [5.41, 5.74) is 12.3. The van der Waals surface area contributed by atoms with Gasteiger partial charge in [0.15, 0.2) is 11.6 Å². The highest BCUT2D eigenvalue weighted by atomic mass is 19.2. The monoisotopic (exact) mass is 613 g/mol. The number of hydrogen-bond donors (Lipinski definition) is 2.